The van der Waals surface area contributed by atoms with Crippen LogP contribution in [-0.4, -0.2) is 38.2 Å². The Morgan fingerprint density at radius 3 is 2.89 bits per heavy atom. The second kappa shape index (κ2) is 8.12. The first kappa shape index (κ1) is 22.0. The summed E-state index contributed by atoms with van der Waals surface area (Å²) in [4.78, 5) is 23.1. The third kappa shape index (κ3) is 3.45. The summed E-state index contributed by atoms with van der Waals surface area (Å²) in [6, 6.07) is 8.07. The van der Waals surface area contributed by atoms with Crippen LogP contribution in [0.25, 0.3) is 21.3 Å². The van der Waals surface area contributed by atoms with Crippen LogP contribution >= 0.6 is 11.3 Å². The third-order valence-corrected chi connectivity index (χ3v) is 8.80. The number of fused-ring (bicyclic) bond motifs is 4. The zero-order valence-corrected chi connectivity index (χ0v) is 21.0. The molecule has 0 radical (unpaired) electrons. The van der Waals surface area contributed by atoms with Gasteiger partial charge in [-0.15, -0.1) is 11.3 Å². The van der Waals surface area contributed by atoms with E-state index in [0.29, 0.717) is 31.2 Å². The molecule has 0 bridgehead atoms. The number of aryl methyl sites for hydroxylation is 1. The van der Waals surface area contributed by atoms with Gasteiger partial charge in [-0.1, -0.05) is 0 Å². The lowest BCUT2D eigenvalue weighted by Gasteiger charge is -2.34. The lowest BCUT2D eigenvalue weighted by atomic mass is 9.99. The van der Waals surface area contributed by atoms with Crippen molar-refractivity contribution in [2.24, 2.45) is 7.05 Å². The number of anilines is 1. The number of carbonyl (C=O) groups is 1. The van der Waals surface area contributed by atoms with Crippen LogP contribution in [0.15, 0.2) is 36.7 Å². The number of aromatic nitrogens is 3. The summed E-state index contributed by atoms with van der Waals surface area (Å²) in [5, 5.41) is 5.27. The van der Waals surface area contributed by atoms with Crippen LogP contribution in [0.3, 0.4) is 0 Å². The van der Waals surface area contributed by atoms with Gasteiger partial charge in [0.25, 0.3) is 5.91 Å². The average Bonchev–Trinajstić information content (AvgIpc) is 3.24. The molecule has 1 saturated carbocycles. The Bertz CT molecular complexity index is 1520. The maximum absolute atomic E-state index is 14.1. The Labute approximate surface area is 212 Å². The molecule has 184 valence electrons. The predicted molar refractivity (Wildman–Crippen MR) is 137 cm³/mol. The maximum Gasteiger partial charge on any atom is 0.254 e. The number of amides is 1. The summed E-state index contributed by atoms with van der Waals surface area (Å²) in [7, 11) is 1.92. The van der Waals surface area contributed by atoms with Gasteiger partial charge in [0.2, 0.25) is 0 Å². The molecular weight excluding hydrogens is 474 g/mol. The Morgan fingerprint density at radius 1 is 1.25 bits per heavy atom. The zero-order valence-electron chi connectivity index (χ0n) is 20.2. The fourth-order valence-electron chi connectivity index (χ4n) is 5.55. The first-order valence-corrected chi connectivity index (χ1v) is 13.1. The van der Waals surface area contributed by atoms with E-state index < -0.39 is 0 Å². The topological polar surface area (TPSA) is 95.5 Å². The normalized spacial score (nSPS) is 20.9. The molecule has 7 rings (SSSR count). The standard InChI is InChI=1S/C27H27N5O3S/c1-14-24-20(12-35-14)19-7-15(3-6-21(19)30-26(24)28)27(33)32(18-4-5-18)22-13-34-11-16-8-23(36-25(16)22)17-9-29-31(2)10-17/h3,6-10,14,18,22H,4-5,11-13H2,1-2H3,(H2,28,30). The minimum atomic E-state index is -0.0986. The number of benzene rings is 1. The molecule has 36 heavy (non-hydrogen) atoms. The molecule has 3 aromatic heterocycles. The molecule has 2 N–H and O–H groups in total. The SMILES string of the molecule is CC1OCc2c1c(N)nc1ccc(C(=O)N(C3CC3)C3COCc4cc(-c5cnn(C)c5)sc43)cc21. The smallest absolute Gasteiger partial charge is 0.254 e. The summed E-state index contributed by atoms with van der Waals surface area (Å²) in [6.07, 6.45) is 5.85. The molecule has 1 aromatic carbocycles. The number of hydrogen-bond donors (Lipinski definition) is 1. The number of hydrogen-bond acceptors (Lipinski definition) is 7. The number of pyridine rings is 1. The highest BCUT2D eigenvalue weighted by atomic mass is 32.1. The Hall–Kier alpha value is -3.27. The van der Waals surface area contributed by atoms with Gasteiger partial charge in [-0.25, -0.2) is 4.98 Å². The highest BCUT2D eigenvalue weighted by Gasteiger charge is 2.41. The molecule has 3 aliphatic rings. The zero-order chi connectivity index (χ0) is 24.6. The van der Waals surface area contributed by atoms with Gasteiger partial charge in [-0.05, 0) is 55.2 Å². The van der Waals surface area contributed by atoms with Crippen molar-refractivity contribution < 1.29 is 14.3 Å². The molecule has 0 spiro atoms. The average molecular weight is 502 g/mol. The second-order valence-corrected chi connectivity index (χ2v) is 11.0. The van der Waals surface area contributed by atoms with Crippen LogP contribution in [0.2, 0.25) is 0 Å². The highest BCUT2D eigenvalue weighted by molar-refractivity contribution is 7.15. The van der Waals surface area contributed by atoms with Gasteiger partial charge >= 0.3 is 0 Å². The number of nitrogen functional groups attached to an aromatic ring is 1. The number of ether oxygens (including phenoxy) is 2. The van der Waals surface area contributed by atoms with E-state index in [0.717, 1.165) is 50.9 Å². The van der Waals surface area contributed by atoms with Gasteiger partial charge in [0, 0.05) is 51.1 Å². The Kier molecular flexibility index (Phi) is 4.96. The van der Waals surface area contributed by atoms with Gasteiger partial charge in [0.15, 0.2) is 0 Å². The highest BCUT2D eigenvalue weighted by Crippen LogP contribution is 2.45. The summed E-state index contributed by atoms with van der Waals surface area (Å²) in [5.41, 5.74) is 11.9. The van der Waals surface area contributed by atoms with Crippen molar-refractivity contribution in [2.45, 2.75) is 51.2 Å². The van der Waals surface area contributed by atoms with Crippen LogP contribution < -0.4 is 5.73 Å². The first-order chi connectivity index (χ1) is 17.5. The van der Waals surface area contributed by atoms with E-state index in [-0.39, 0.29) is 24.1 Å². The Morgan fingerprint density at radius 2 is 2.11 bits per heavy atom. The van der Waals surface area contributed by atoms with Crippen molar-refractivity contribution >= 4 is 34.0 Å². The summed E-state index contributed by atoms with van der Waals surface area (Å²) in [6.45, 7) is 3.55. The molecule has 5 heterocycles. The number of rotatable bonds is 4. The lowest BCUT2D eigenvalue weighted by molar-refractivity contribution is 0.0261. The van der Waals surface area contributed by atoms with Crippen LogP contribution in [0, 0.1) is 0 Å². The molecule has 8 nitrogen and oxygen atoms in total. The quantitative estimate of drug-likeness (QED) is 0.434. The van der Waals surface area contributed by atoms with Crippen LogP contribution in [0.5, 0.6) is 0 Å². The minimum Gasteiger partial charge on any atom is -0.383 e. The largest absolute Gasteiger partial charge is 0.383 e. The second-order valence-electron chi connectivity index (χ2n) is 9.95. The van der Waals surface area contributed by atoms with Crippen molar-refractivity contribution in [1.29, 1.82) is 0 Å². The first-order valence-electron chi connectivity index (χ1n) is 12.3. The van der Waals surface area contributed by atoms with Gasteiger partial charge in [0.1, 0.15) is 5.82 Å². The molecule has 4 aromatic rings. The summed E-state index contributed by atoms with van der Waals surface area (Å²) >= 11 is 1.75. The van der Waals surface area contributed by atoms with Crippen LogP contribution in [0.1, 0.15) is 63.8 Å². The molecule has 2 atom stereocenters. The predicted octanol–water partition coefficient (Wildman–Crippen LogP) is 4.75. The number of nitrogens with two attached hydrogens (primary N) is 1. The number of carbonyl (C=O) groups excluding carboxylic acids is 1. The van der Waals surface area contributed by atoms with E-state index in [4.69, 9.17) is 15.2 Å². The minimum absolute atomic E-state index is 0.0368. The van der Waals surface area contributed by atoms with Crippen molar-refractivity contribution in [3.05, 3.63) is 63.8 Å². The van der Waals surface area contributed by atoms with Gasteiger partial charge in [-0.2, -0.15) is 5.10 Å². The third-order valence-electron chi connectivity index (χ3n) is 7.47. The lowest BCUT2D eigenvalue weighted by Crippen LogP contribution is -2.40. The van der Waals surface area contributed by atoms with Gasteiger partial charge in [-0.3, -0.25) is 9.48 Å². The molecule has 1 fully saturated rings. The van der Waals surface area contributed by atoms with E-state index in [1.165, 1.54) is 4.88 Å². The molecule has 1 amide bonds. The summed E-state index contributed by atoms with van der Waals surface area (Å²) in [5.74, 6) is 0.546. The van der Waals surface area contributed by atoms with E-state index in [2.05, 4.69) is 21.0 Å². The fourth-order valence-corrected chi connectivity index (χ4v) is 6.78. The van der Waals surface area contributed by atoms with Crippen molar-refractivity contribution in [2.75, 3.05) is 12.3 Å². The maximum atomic E-state index is 14.1. The molecule has 2 aliphatic heterocycles. The van der Waals surface area contributed by atoms with E-state index in [9.17, 15) is 4.79 Å². The van der Waals surface area contributed by atoms with Gasteiger partial charge < -0.3 is 20.1 Å². The van der Waals surface area contributed by atoms with E-state index in [1.807, 2.05) is 49.2 Å². The van der Waals surface area contributed by atoms with Gasteiger partial charge in [0.05, 0.1) is 43.7 Å². The molecule has 2 unspecified atom stereocenters. The fraction of sp³-hybridized carbons (Fsp3) is 0.370. The molecular formula is C27H27N5O3S. The monoisotopic (exact) mass is 501 g/mol. The Balaban J connectivity index is 1.28. The van der Waals surface area contributed by atoms with Crippen LogP contribution in [-0.2, 0) is 29.7 Å². The van der Waals surface area contributed by atoms with Crippen LogP contribution in [0.4, 0.5) is 5.82 Å². The number of nitrogens with zero attached hydrogens (tertiary/aromatic N) is 4. The van der Waals surface area contributed by atoms with E-state index in [1.54, 1.807) is 11.3 Å². The van der Waals surface area contributed by atoms with Crippen molar-refractivity contribution in [1.82, 2.24) is 19.7 Å². The number of thiophene rings is 1. The van der Waals surface area contributed by atoms with E-state index >= 15 is 0 Å². The van der Waals surface area contributed by atoms with Crippen molar-refractivity contribution in [3.8, 4) is 10.4 Å². The molecule has 0 saturated heterocycles. The van der Waals surface area contributed by atoms with Crippen molar-refractivity contribution in [3.63, 3.8) is 0 Å². The molecule has 1 aliphatic carbocycles. The summed E-state index contributed by atoms with van der Waals surface area (Å²) < 4.78 is 13.7. The molecule has 9 heteroatoms.